The van der Waals surface area contributed by atoms with E-state index < -0.39 is 0 Å². The highest BCUT2D eigenvalue weighted by molar-refractivity contribution is 5.84. The van der Waals surface area contributed by atoms with Gasteiger partial charge in [0.25, 0.3) is 0 Å². The highest BCUT2D eigenvalue weighted by Gasteiger charge is 2.13. The molecule has 0 bridgehead atoms. The van der Waals surface area contributed by atoms with Gasteiger partial charge < -0.3 is 19.7 Å². The Morgan fingerprint density at radius 1 is 1.00 bits per heavy atom. The van der Waals surface area contributed by atoms with E-state index in [2.05, 4.69) is 0 Å². The fourth-order valence-electron chi connectivity index (χ4n) is 2.38. The molecule has 2 aromatic carbocycles. The van der Waals surface area contributed by atoms with Crippen LogP contribution in [0.4, 0.5) is 0 Å². The molecular weight excluding hydrogens is 284 g/mol. The van der Waals surface area contributed by atoms with Crippen LogP contribution in [0, 0.1) is 0 Å². The molecule has 3 rings (SSSR count). The summed E-state index contributed by atoms with van der Waals surface area (Å²) < 4.78 is 5.42. The second-order valence-electron chi connectivity index (χ2n) is 5.01. The Balaban J connectivity index is 2.27. The maximum Gasteiger partial charge on any atom is 0.200 e. The van der Waals surface area contributed by atoms with Crippen LogP contribution in [-0.4, -0.2) is 15.3 Å². The monoisotopic (exact) mass is 298 g/mol. The summed E-state index contributed by atoms with van der Waals surface area (Å²) in [5, 5.41) is 29.1. The summed E-state index contributed by atoms with van der Waals surface area (Å²) in [6.45, 7) is 1.88. The van der Waals surface area contributed by atoms with Crippen LogP contribution in [0.5, 0.6) is 17.2 Å². The van der Waals surface area contributed by atoms with Crippen molar-refractivity contribution in [2.24, 2.45) is 0 Å². The van der Waals surface area contributed by atoms with Crippen molar-refractivity contribution in [1.82, 2.24) is 0 Å². The molecule has 0 spiro atoms. The minimum atomic E-state index is -0.308. The lowest BCUT2D eigenvalue weighted by Gasteiger charge is -2.07. The normalized spacial score (nSPS) is 11.0. The SMILES string of the molecule is CCc1cc2c(=O)c(-c3ccc(O)c(O)c3)coc2cc1O. The maximum absolute atomic E-state index is 12.6. The lowest BCUT2D eigenvalue weighted by molar-refractivity contribution is 0.404. The van der Waals surface area contributed by atoms with Crippen molar-refractivity contribution in [3.05, 3.63) is 52.4 Å². The number of phenolic OH excluding ortho intramolecular Hbond substituents is 3. The summed E-state index contributed by atoms with van der Waals surface area (Å²) in [5.74, 6) is -0.475. The molecule has 0 aliphatic carbocycles. The van der Waals surface area contributed by atoms with Crippen molar-refractivity contribution in [1.29, 1.82) is 0 Å². The van der Waals surface area contributed by atoms with Gasteiger partial charge >= 0.3 is 0 Å². The van der Waals surface area contributed by atoms with Gasteiger partial charge in [0.2, 0.25) is 5.43 Å². The Kier molecular flexibility index (Phi) is 3.25. The summed E-state index contributed by atoms with van der Waals surface area (Å²) in [6.07, 6.45) is 1.87. The number of phenols is 3. The number of benzene rings is 2. The predicted molar refractivity (Wildman–Crippen MR) is 82.3 cm³/mol. The van der Waals surface area contributed by atoms with Crippen LogP contribution in [0.1, 0.15) is 12.5 Å². The fraction of sp³-hybridized carbons (Fsp3) is 0.118. The molecule has 0 saturated carbocycles. The average Bonchev–Trinajstić information content (AvgIpc) is 2.50. The average molecular weight is 298 g/mol. The molecule has 0 atom stereocenters. The van der Waals surface area contributed by atoms with E-state index in [1.54, 1.807) is 6.07 Å². The van der Waals surface area contributed by atoms with E-state index >= 15 is 0 Å². The first-order chi connectivity index (χ1) is 10.5. The third kappa shape index (κ3) is 2.16. The molecule has 5 nitrogen and oxygen atoms in total. The van der Waals surface area contributed by atoms with Crippen LogP contribution < -0.4 is 5.43 Å². The van der Waals surface area contributed by atoms with Gasteiger partial charge in [-0.15, -0.1) is 0 Å². The van der Waals surface area contributed by atoms with E-state index in [0.29, 0.717) is 28.5 Å². The standard InChI is InChI=1S/C17H14O5/c1-2-9-5-11-16(7-14(9)19)22-8-12(17(11)21)10-3-4-13(18)15(20)6-10/h3-8,18-20H,2H2,1H3. The van der Waals surface area contributed by atoms with Gasteiger partial charge in [-0.25, -0.2) is 0 Å². The molecule has 1 heterocycles. The number of fused-ring (bicyclic) bond motifs is 1. The molecule has 3 aromatic rings. The first-order valence-corrected chi connectivity index (χ1v) is 6.81. The quantitative estimate of drug-likeness (QED) is 0.632. The van der Waals surface area contributed by atoms with Gasteiger partial charge in [-0.05, 0) is 35.7 Å². The lowest BCUT2D eigenvalue weighted by atomic mass is 10.0. The van der Waals surface area contributed by atoms with Gasteiger partial charge in [0, 0.05) is 6.07 Å². The highest BCUT2D eigenvalue weighted by Crippen LogP contribution is 2.31. The zero-order valence-corrected chi connectivity index (χ0v) is 11.8. The smallest absolute Gasteiger partial charge is 0.200 e. The zero-order valence-electron chi connectivity index (χ0n) is 11.8. The molecule has 0 unspecified atom stereocenters. The third-order valence-electron chi connectivity index (χ3n) is 3.64. The topological polar surface area (TPSA) is 90.9 Å². The largest absolute Gasteiger partial charge is 0.508 e. The molecule has 0 fully saturated rings. The van der Waals surface area contributed by atoms with Gasteiger partial charge in [-0.2, -0.15) is 0 Å². The molecule has 3 N–H and O–H groups in total. The van der Waals surface area contributed by atoms with Crippen LogP contribution in [0.15, 0.2) is 45.8 Å². The summed E-state index contributed by atoms with van der Waals surface area (Å²) in [6, 6.07) is 7.17. The first-order valence-electron chi connectivity index (χ1n) is 6.81. The number of aromatic hydroxyl groups is 3. The molecule has 0 aliphatic heterocycles. The fourth-order valence-corrected chi connectivity index (χ4v) is 2.38. The van der Waals surface area contributed by atoms with E-state index in [-0.39, 0.29) is 28.2 Å². The van der Waals surface area contributed by atoms with E-state index in [1.807, 2.05) is 6.92 Å². The summed E-state index contributed by atoms with van der Waals surface area (Å²) in [5.41, 5.74) is 1.41. The zero-order chi connectivity index (χ0) is 15.9. The highest BCUT2D eigenvalue weighted by atomic mass is 16.3. The third-order valence-corrected chi connectivity index (χ3v) is 3.64. The second-order valence-corrected chi connectivity index (χ2v) is 5.01. The van der Waals surface area contributed by atoms with Gasteiger partial charge in [0.05, 0.1) is 10.9 Å². The number of aryl methyl sites for hydroxylation is 1. The maximum atomic E-state index is 12.6. The lowest BCUT2D eigenvalue weighted by Crippen LogP contribution is -2.05. The van der Waals surface area contributed by atoms with Gasteiger partial charge in [-0.1, -0.05) is 13.0 Å². The van der Waals surface area contributed by atoms with Crippen molar-refractivity contribution < 1.29 is 19.7 Å². The number of hydrogen-bond acceptors (Lipinski definition) is 5. The van der Waals surface area contributed by atoms with Crippen molar-refractivity contribution in [3.63, 3.8) is 0 Å². The Labute approximate surface area is 125 Å². The predicted octanol–water partition coefficient (Wildman–Crippen LogP) is 3.14. The van der Waals surface area contributed by atoms with Crippen LogP contribution >= 0.6 is 0 Å². The van der Waals surface area contributed by atoms with Gasteiger partial charge in [-0.3, -0.25) is 4.79 Å². The van der Waals surface area contributed by atoms with Crippen LogP contribution in [-0.2, 0) is 6.42 Å². The Bertz CT molecular complexity index is 924. The summed E-state index contributed by atoms with van der Waals surface area (Å²) >= 11 is 0. The van der Waals surface area contributed by atoms with E-state index in [4.69, 9.17) is 4.42 Å². The van der Waals surface area contributed by atoms with Gasteiger partial charge in [0.1, 0.15) is 17.6 Å². The number of rotatable bonds is 2. The summed E-state index contributed by atoms with van der Waals surface area (Å²) in [4.78, 5) is 12.6. The number of hydrogen-bond donors (Lipinski definition) is 3. The van der Waals surface area contributed by atoms with Crippen molar-refractivity contribution in [3.8, 4) is 28.4 Å². The van der Waals surface area contributed by atoms with Crippen LogP contribution in [0.2, 0.25) is 0 Å². The minimum Gasteiger partial charge on any atom is -0.508 e. The first kappa shape index (κ1) is 14.0. The Morgan fingerprint density at radius 3 is 2.45 bits per heavy atom. The second kappa shape index (κ2) is 5.11. The molecule has 0 radical (unpaired) electrons. The van der Waals surface area contributed by atoms with E-state index in [0.717, 1.165) is 0 Å². The minimum absolute atomic E-state index is 0.0909. The molecule has 0 amide bonds. The van der Waals surface area contributed by atoms with Crippen molar-refractivity contribution >= 4 is 11.0 Å². The van der Waals surface area contributed by atoms with Crippen molar-refractivity contribution in [2.75, 3.05) is 0 Å². The molecular formula is C17H14O5. The van der Waals surface area contributed by atoms with Crippen LogP contribution in [0.25, 0.3) is 22.1 Å². The molecule has 0 saturated heterocycles. The molecule has 0 aliphatic rings. The summed E-state index contributed by atoms with van der Waals surface area (Å²) in [7, 11) is 0. The Hall–Kier alpha value is -2.95. The van der Waals surface area contributed by atoms with Crippen molar-refractivity contribution in [2.45, 2.75) is 13.3 Å². The van der Waals surface area contributed by atoms with Crippen LogP contribution in [0.3, 0.4) is 0 Å². The molecule has 5 heteroatoms. The van der Waals surface area contributed by atoms with Gasteiger partial charge in [0.15, 0.2) is 11.5 Å². The van der Waals surface area contributed by atoms with E-state index in [9.17, 15) is 20.1 Å². The molecule has 112 valence electrons. The molecule has 1 aromatic heterocycles. The molecule has 22 heavy (non-hydrogen) atoms. The Morgan fingerprint density at radius 2 is 1.77 bits per heavy atom. The van der Waals surface area contributed by atoms with E-state index in [1.165, 1.54) is 30.5 Å².